The Hall–Kier alpha value is -0.640. The lowest BCUT2D eigenvalue weighted by Crippen LogP contribution is -2.18. The van der Waals surface area contributed by atoms with Crippen LogP contribution in [-0.4, -0.2) is 4.98 Å². The molecule has 1 aromatic carbocycles. The summed E-state index contributed by atoms with van der Waals surface area (Å²) in [6.07, 6.45) is 1.07. The van der Waals surface area contributed by atoms with Gasteiger partial charge in [0.1, 0.15) is 5.01 Å². The summed E-state index contributed by atoms with van der Waals surface area (Å²) in [5.74, 6) is 0.455. The SMILES string of the molecule is CCC(C)C(N)c1nc2cc(Cl)ccc2s1. The van der Waals surface area contributed by atoms with Crippen molar-refractivity contribution in [3.05, 3.63) is 28.2 Å². The maximum Gasteiger partial charge on any atom is 0.111 e. The molecule has 1 heterocycles. The van der Waals surface area contributed by atoms with E-state index in [4.69, 9.17) is 17.3 Å². The fourth-order valence-electron chi connectivity index (χ4n) is 1.56. The van der Waals surface area contributed by atoms with E-state index >= 15 is 0 Å². The number of thiazole rings is 1. The average molecular weight is 255 g/mol. The van der Waals surface area contributed by atoms with Crippen LogP contribution in [0.25, 0.3) is 10.2 Å². The van der Waals surface area contributed by atoms with Gasteiger partial charge in [-0.05, 0) is 24.1 Å². The fraction of sp³-hybridized carbons (Fsp3) is 0.417. The first-order valence-electron chi connectivity index (χ1n) is 5.43. The second-order valence-electron chi connectivity index (χ2n) is 4.08. The van der Waals surface area contributed by atoms with Crippen molar-refractivity contribution in [3.63, 3.8) is 0 Å². The molecular formula is C12H15ClN2S. The van der Waals surface area contributed by atoms with Crippen molar-refractivity contribution in [1.82, 2.24) is 4.98 Å². The molecule has 0 amide bonds. The molecule has 0 bridgehead atoms. The van der Waals surface area contributed by atoms with Gasteiger partial charge in [-0.3, -0.25) is 0 Å². The minimum absolute atomic E-state index is 0.0289. The number of aromatic nitrogens is 1. The van der Waals surface area contributed by atoms with E-state index in [-0.39, 0.29) is 6.04 Å². The highest BCUT2D eigenvalue weighted by Gasteiger charge is 2.17. The number of rotatable bonds is 3. The van der Waals surface area contributed by atoms with Crippen LogP contribution in [0.3, 0.4) is 0 Å². The van der Waals surface area contributed by atoms with Crippen molar-refractivity contribution in [2.24, 2.45) is 11.7 Å². The van der Waals surface area contributed by atoms with Gasteiger partial charge in [-0.1, -0.05) is 31.9 Å². The Bertz CT molecular complexity index is 495. The molecule has 0 saturated heterocycles. The Morgan fingerprint density at radius 2 is 2.25 bits per heavy atom. The Morgan fingerprint density at radius 3 is 2.94 bits per heavy atom. The van der Waals surface area contributed by atoms with Crippen molar-refractivity contribution in [2.75, 3.05) is 0 Å². The van der Waals surface area contributed by atoms with Gasteiger partial charge in [0.15, 0.2) is 0 Å². The number of fused-ring (bicyclic) bond motifs is 1. The summed E-state index contributed by atoms with van der Waals surface area (Å²) in [5.41, 5.74) is 7.12. The first-order chi connectivity index (χ1) is 7.61. The largest absolute Gasteiger partial charge is 0.322 e. The number of halogens is 1. The first-order valence-corrected chi connectivity index (χ1v) is 6.62. The molecule has 0 saturated carbocycles. The fourth-order valence-corrected chi connectivity index (χ4v) is 2.81. The van der Waals surface area contributed by atoms with Crippen LogP contribution in [0, 0.1) is 5.92 Å². The summed E-state index contributed by atoms with van der Waals surface area (Å²) >= 11 is 7.59. The lowest BCUT2D eigenvalue weighted by Gasteiger charge is -2.14. The topological polar surface area (TPSA) is 38.9 Å². The molecule has 0 aliphatic carbocycles. The van der Waals surface area contributed by atoms with E-state index in [9.17, 15) is 0 Å². The second-order valence-corrected chi connectivity index (χ2v) is 5.57. The van der Waals surface area contributed by atoms with E-state index in [1.165, 1.54) is 0 Å². The molecule has 2 unspecified atom stereocenters. The molecule has 0 fully saturated rings. The van der Waals surface area contributed by atoms with Gasteiger partial charge >= 0.3 is 0 Å². The van der Waals surface area contributed by atoms with Crippen LogP contribution in [0.15, 0.2) is 18.2 Å². The van der Waals surface area contributed by atoms with Crippen molar-refractivity contribution in [2.45, 2.75) is 26.3 Å². The van der Waals surface area contributed by atoms with Crippen LogP contribution in [-0.2, 0) is 0 Å². The molecule has 1 aromatic heterocycles. The monoisotopic (exact) mass is 254 g/mol. The zero-order valence-electron chi connectivity index (χ0n) is 9.40. The molecule has 2 aromatic rings. The van der Waals surface area contributed by atoms with Gasteiger partial charge in [0, 0.05) is 5.02 Å². The van der Waals surface area contributed by atoms with Gasteiger partial charge in [0.05, 0.1) is 16.3 Å². The van der Waals surface area contributed by atoms with Gasteiger partial charge in [-0.15, -0.1) is 11.3 Å². The highest BCUT2D eigenvalue weighted by Crippen LogP contribution is 2.31. The van der Waals surface area contributed by atoms with Crippen molar-refractivity contribution in [1.29, 1.82) is 0 Å². The third kappa shape index (κ3) is 2.21. The summed E-state index contributed by atoms with van der Waals surface area (Å²) < 4.78 is 1.15. The first kappa shape index (κ1) is 11.8. The third-order valence-corrected chi connectivity index (χ3v) is 4.28. The van der Waals surface area contributed by atoms with Gasteiger partial charge in [-0.2, -0.15) is 0 Å². The van der Waals surface area contributed by atoms with Gasteiger partial charge in [-0.25, -0.2) is 4.98 Å². The number of benzene rings is 1. The van der Waals surface area contributed by atoms with Crippen LogP contribution in [0.1, 0.15) is 31.3 Å². The summed E-state index contributed by atoms with van der Waals surface area (Å²) in [5, 5.41) is 1.73. The summed E-state index contributed by atoms with van der Waals surface area (Å²) in [6.45, 7) is 4.30. The number of hydrogen-bond acceptors (Lipinski definition) is 3. The highest BCUT2D eigenvalue weighted by atomic mass is 35.5. The standard InChI is InChI=1S/C12H15ClN2S/c1-3-7(2)11(14)12-15-9-6-8(13)4-5-10(9)16-12/h4-7,11H,3,14H2,1-2H3. The van der Waals surface area contributed by atoms with E-state index in [1.54, 1.807) is 11.3 Å². The highest BCUT2D eigenvalue weighted by molar-refractivity contribution is 7.18. The zero-order chi connectivity index (χ0) is 11.7. The molecule has 16 heavy (non-hydrogen) atoms. The quantitative estimate of drug-likeness (QED) is 0.899. The molecule has 86 valence electrons. The summed E-state index contributed by atoms with van der Waals surface area (Å²) in [4.78, 5) is 4.55. The minimum atomic E-state index is 0.0289. The predicted octanol–water partition coefficient (Wildman–Crippen LogP) is 4.00. The normalized spacial score (nSPS) is 15.2. The second kappa shape index (κ2) is 4.70. The van der Waals surface area contributed by atoms with E-state index in [0.717, 1.165) is 26.7 Å². The number of nitrogens with two attached hydrogens (primary N) is 1. The number of nitrogens with zero attached hydrogens (tertiary/aromatic N) is 1. The smallest absolute Gasteiger partial charge is 0.111 e. The Balaban J connectivity index is 2.39. The maximum absolute atomic E-state index is 6.17. The van der Waals surface area contributed by atoms with Crippen molar-refractivity contribution >= 4 is 33.2 Å². The van der Waals surface area contributed by atoms with E-state index in [0.29, 0.717) is 5.92 Å². The minimum Gasteiger partial charge on any atom is -0.322 e. The molecule has 2 atom stereocenters. The molecular weight excluding hydrogens is 240 g/mol. The van der Waals surface area contributed by atoms with Crippen LogP contribution in [0.5, 0.6) is 0 Å². The van der Waals surface area contributed by atoms with Crippen molar-refractivity contribution in [3.8, 4) is 0 Å². The predicted molar refractivity (Wildman–Crippen MR) is 71.0 cm³/mol. The molecule has 0 radical (unpaired) electrons. The van der Waals surface area contributed by atoms with Crippen molar-refractivity contribution < 1.29 is 0 Å². The van der Waals surface area contributed by atoms with Crippen LogP contribution in [0.4, 0.5) is 0 Å². The Morgan fingerprint density at radius 1 is 1.50 bits per heavy atom. The molecule has 2 nitrogen and oxygen atoms in total. The molecule has 2 N–H and O–H groups in total. The Kier molecular flexibility index (Phi) is 3.47. The molecule has 2 rings (SSSR count). The van der Waals surface area contributed by atoms with E-state index < -0.39 is 0 Å². The molecule has 4 heteroatoms. The van der Waals surface area contributed by atoms with Crippen LogP contribution in [0.2, 0.25) is 5.02 Å². The summed E-state index contributed by atoms with van der Waals surface area (Å²) in [7, 11) is 0. The molecule has 0 spiro atoms. The van der Waals surface area contributed by atoms with Crippen LogP contribution < -0.4 is 5.73 Å². The van der Waals surface area contributed by atoms with Crippen LogP contribution >= 0.6 is 22.9 Å². The van der Waals surface area contributed by atoms with E-state index in [2.05, 4.69) is 18.8 Å². The Labute approximate surface area is 104 Å². The zero-order valence-corrected chi connectivity index (χ0v) is 11.0. The average Bonchev–Trinajstić information content (AvgIpc) is 2.69. The maximum atomic E-state index is 6.17. The van der Waals surface area contributed by atoms with E-state index in [1.807, 2.05) is 18.2 Å². The number of hydrogen-bond donors (Lipinski definition) is 1. The molecule has 0 aliphatic heterocycles. The lowest BCUT2D eigenvalue weighted by molar-refractivity contribution is 0.456. The van der Waals surface area contributed by atoms with Gasteiger partial charge in [0.2, 0.25) is 0 Å². The van der Waals surface area contributed by atoms with Gasteiger partial charge in [0.25, 0.3) is 0 Å². The molecule has 0 aliphatic rings. The summed E-state index contributed by atoms with van der Waals surface area (Å²) in [6, 6.07) is 5.81. The van der Waals surface area contributed by atoms with Gasteiger partial charge < -0.3 is 5.73 Å². The lowest BCUT2D eigenvalue weighted by atomic mass is 10.0. The third-order valence-electron chi connectivity index (χ3n) is 2.91.